The molecule has 1 amide bonds. The maximum absolute atomic E-state index is 13.0. The van der Waals surface area contributed by atoms with E-state index in [1.165, 1.54) is 0 Å². The van der Waals surface area contributed by atoms with Gasteiger partial charge in [0.25, 0.3) is 5.91 Å². The maximum atomic E-state index is 13.0. The lowest BCUT2D eigenvalue weighted by Gasteiger charge is -2.25. The predicted molar refractivity (Wildman–Crippen MR) is 115 cm³/mol. The van der Waals surface area contributed by atoms with Crippen LogP contribution in [0.2, 0.25) is 0 Å². The van der Waals surface area contributed by atoms with E-state index in [0.717, 1.165) is 53.6 Å². The summed E-state index contributed by atoms with van der Waals surface area (Å²) in [5, 5.41) is 2.26. The molecule has 154 valence electrons. The van der Waals surface area contributed by atoms with Gasteiger partial charge in [0.1, 0.15) is 5.75 Å². The molecule has 2 aliphatic rings. The second-order valence-electron chi connectivity index (χ2n) is 7.80. The zero-order valence-electron chi connectivity index (χ0n) is 16.9. The summed E-state index contributed by atoms with van der Waals surface area (Å²) in [7, 11) is 0. The average molecular weight is 403 g/mol. The first kappa shape index (κ1) is 18.8. The second-order valence-corrected chi connectivity index (χ2v) is 7.80. The van der Waals surface area contributed by atoms with Crippen LogP contribution in [0.3, 0.4) is 0 Å². The first-order chi connectivity index (χ1) is 14.8. The molecule has 0 spiro atoms. The summed E-state index contributed by atoms with van der Waals surface area (Å²) in [6.07, 6.45) is 2.81. The average Bonchev–Trinajstić information content (AvgIpc) is 3.16. The number of amides is 1. The number of rotatable bonds is 4. The highest BCUT2D eigenvalue weighted by molar-refractivity contribution is 5.84. The Balaban J connectivity index is 1.28. The Labute approximate surface area is 176 Å². The van der Waals surface area contributed by atoms with Crippen LogP contribution in [-0.2, 0) is 4.79 Å². The molecule has 3 aromatic carbocycles. The monoisotopic (exact) mass is 403 g/mol. The van der Waals surface area contributed by atoms with Crippen molar-refractivity contribution in [2.45, 2.75) is 25.3 Å². The maximum Gasteiger partial charge on any atom is 0.261 e. The molecule has 0 radical (unpaired) electrons. The van der Waals surface area contributed by atoms with Crippen LogP contribution in [0.5, 0.6) is 17.2 Å². The van der Waals surface area contributed by atoms with E-state index in [-0.39, 0.29) is 18.6 Å². The van der Waals surface area contributed by atoms with Crippen molar-refractivity contribution in [3.63, 3.8) is 0 Å². The molecule has 0 unspecified atom stereocenters. The number of carbonyl (C=O) groups excluding carboxylic acids is 1. The van der Waals surface area contributed by atoms with E-state index in [0.29, 0.717) is 19.0 Å². The normalized spacial score (nSPS) is 18.3. The number of hydrogen-bond donors (Lipinski definition) is 0. The minimum atomic E-state index is 0.0118. The van der Waals surface area contributed by atoms with Crippen LogP contribution >= 0.6 is 0 Å². The molecule has 2 heterocycles. The van der Waals surface area contributed by atoms with Gasteiger partial charge < -0.3 is 19.1 Å². The van der Waals surface area contributed by atoms with Crippen LogP contribution in [0.4, 0.5) is 0 Å². The molecule has 5 nitrogen and oxygen atoms in total. The molecule has 0 saturated carbocycles. The third-order valence-electron chi connectivity index (χ3n) is 5.81. The highest BCUT2D eigenvalue weighted by Gasteiger charge is 2.31. The number of nitrogens with zero attached hydrogens (tertiary/aromatic N) is 1. The summed E-state index contributed by atoms with van der Waals surface area (Å²) in [5.41, 5.74) is 1.09. The van der Waals surface area contributed by atoms with Gasteiger partial charge in [-0.05, 0) is 53.4 Å². The molecule has 5 heteroatoms. The van der Waals surface area contributed by atoms with Gasteiger partial charge in [0.2, 0.25) is 0 Å². The van der Waals surface area contributed by atoms with Gasteiger partial charge in [0.05, 0.1) is 19.3 Å². The third kappa shape index (κ3) is 3.80. The van der Waals surface area contributed by atoms with Crippen molar-refractivity contribution >= 4 is 16.7 Å². The first-order valence-electron chi connectivity index (χ1n) is 10.6. The molecule has 0 aliphatic carbocycles. The Morgan fingerprint density at radius 3 is 2.67 bits per heavy atom. The predicted octanol–water partition coefficient (Wildman–Crippen LogP) is 4.74. The van der Waals surface area contributed by atoms with Crippen molar-refractivity contribution in [2.75, 3.05) is 26.4 Å². The fraction of sp³-hybridized carbons (Fsp3) is 0.320. The molecule has 0 aromatic heterocycles. The largest absolute Gasteiger partial charge is 0.490 e. The Morgan fingerprint density at radius 2 is 1.77 bits per heavy atom. The lowest BCUT2D eigenvalue weighted by Crippen LogP contribution is -2.34. The van der Waals surface area contributed by atoms with Gasteiger partial charge in [-0.1, -0.05) is 36.4 Å². The van der Waals surface area contributed by atoms with Gasteiger partial charge in [0.15, 0.2) is 18.1 Å². The number of carbonyl (C=O) groups is 1. The fourth-order valence-electron chi connectivity index (χ4n) is 4.28. The molecular formula is C25H25NO4. The van der Waals surface area contributed by atoms with Gasteiger partial charge in [-0.2, -0.15) is 0 Å². The van der Waals surface area contributed by atoms with Crippen LogP contribution in [0.1, 0.15) is 30.9 Å². The summed E-state index contributed by atoms with van der Waals surface area (Å²) in [5.74, 6) is 2.29. The number of hydrogen-bond acceptors (Lipinski definition) is 4. The Hall–Kier alpha value is -3.21. The summed E-state index contributed by atoms with van der Waals surface area (Å²) < 4.78 is 17.4. The molecule has 30 heavy (non-hydrogen) atoms. The van der Waals surface area contributed by atoms with Gasteiger partial charge in [-0.25, -0.2) is 0 Å². The van der Waals surface area contributed by atoms with E-state index < -0.39 is 0 Å². The van der Waals surface area contributed by atoms with Crippen molar-refractivity contribution in [3.8, 4) is 17.2 Å². The molecule has 0 N–H and O–H groups in total. The highest BCUT2D eigenvalue weighted by Crippen LogP contribution is 2.38. The van der Waals surface area contributed by atoms with Crippen LogP contribution in [0.25, 0.3) is 10.8 Å². The zero-order valence-corrected chi connectivity index (χ0v) is 16.9. The minimum Gasteiger partial charge on any atom is -0.490 e. The van der Waals surface area contributed by atoms with Crippen molar-refractivity contribution in [1.82, 2.24) is 4.90 Å². The number of ether oxygens (including phenoxy) is 3. The van der Waals surface area contributed by atoms with E-state index in [9.17, 15) is 4.79 Å². The Kier molecular flexibility index (Phi) is 5.18. The molecule has 1 saturated heterocycles. The van der Waals surface area contributed by atoms with Crippen molar-refractivity contribution in [2.24, 2.45) is 0 Å². The lowest BCUT2D eigenvalue weighted by atomic mass is 10.0. The molecule has 0 bridgehead atoms. The van der Waals surface area contributed by atoms with Crippen LogP contribution in [0.15, 0.2) is 60.7 Å². The van der Waals surface area contributed by atoms with Crippen molar-refractivity contribution in [1.29, 1.82) is 0 Å². The topological polar surface area (TPSA) is 48.0 Å². The lowest BCUT2D eigenvalue weighted by molar-refractivity contribution is -0.134. The Bertz CT molecular complexity index is 1060. The minimum absolute atomic E-state index is 0.0118. The summed E-state index contributed by atoms with van der Waals surface area (Å²) in [4.78, 5) is 14.9. The van der Waals surface area contributed by atoms with Crippen LogP contribution in [0, 0.1) is 0 Å². The van der Waals surface area contributed by atoms with E-state index in [1.807, 2.05) is 59.5 Å². The van der Waals surface area contributed by atoms with E-state index in [4.69, 9.17) is 14.2 Å². The second kappa shape index (κ2) is 8.27. The quantitative estimate of drug-likeness (QED) is 0.631. The van der Waals surface area contributed by atoms with Gasteiger partial charge in [-0.15, -0.1) is 0 Å². The molecule has 3 aromatic rings. The summed E-state index contributed by atoms with van der Waals surface area (Å²) in [6, 6.07) is 20.1. The third-order valence-corrected chi connectivity index (χ3v) is 5.81. The van der Waals surface area contributed by atoms with Gasteiger partial charge in [-0.3, -0.25) is 4.79 Å². The first-order valence-corrected chi connectivity index (χ1v) is 10.6. The van der Waals surface area contributed by atoms with Gasteiger partial charge in [0, 0.05) is 13.0 Å². The van der Waals surface area contributed by atoms with Crippen LogP contribution < -0.4 is 14.2 Å². The Morgan fingerprint density at radius 1 is 0.933 bits per heavy atom. The smallest absolute Gasteiger partial charge is 0.261 e. The fourth-order valence-corrected chi connectivity index (χ4v) is 4.28. The SMILES string of the molecule is O=C(COc1ccc2ccccc2c1)N1CCC[C@@H]1c1ccc2c(c1)OCCCO2. The number of likely N-dealkylation sites (tertiary alicyclic amines) is 1. The molecule has 2 aliphatic heterocycles. The van der Waals surface area contributed by atoms with E-state index in [2.05, 4.69) is 6.07 Å². The molecule has 1 fully saturated rings. The van der Waals surface area contributed by atoms with E-state index >= 15 is 0 Å². The number of benzene rings is 3. The van der Waals surface area contributed by atoms with Crippen molar-refractivity contribution in [3.05, 3.63) is 66.2 Å². The van der Waals surface area contributed by atoms with Crippen LogP contribution in [-0.4, -0.2) is 37.2 Å². The van der Waals surface area contributed by atoms with Gasteiger partial charge >= 0.3 is 0 Å². The molecular weight excluding hydrogens is 378 g/mol. The number of fused-ring (bicyclic) bond motifs is 2. The molecule has 1 atom stereocenters. The standard InChI is InChI=1S/C25H25NO4/c27-25(17-30-21-10-8-18-5-1-2-6-19(18)15-21)26-12-3-7-22(26)20-9-11-23-24(16-20)29-14-4-13-28-23/h1-2,5-6,8-11,15-16,22H,3-4,7,12-14,17H2/t22-/m1/s1. The summed E-state index contributed by atoms with van der Waals surface area (Å²) in [6.45, 7) is 2.12. The zero-order chi connectivity index (χ0) is 20.3. The summed E-state index contributed by atoms with van der Waals surface area (Å²) >= 11 is 0. The molecule has 5 rings (SSSR count). The highest BCUT2D eigenvalue weighted by atomic mass is 16.5. The van der Waals surface area contributed by atoms with Crippen molar-refractivity contribution < 1.29 is 19.0 Å². The van der Waals surface area contributed by atoms with E-state index in [1.54, 1.807) is 0 Å².